The van der Waals surface area contributed by atoms with Crippen molar-refractivity contribution in [2.24, 2.45) is 23.7 Å². The maximum absolute atomic E-state index is 13.3. The molecule has 3 rings (SSSR count). The predicted octanol–water partition coefficient (Wildman–Crippen LogP) is 7.87. The summed E-state index contributed by atoms with van der Waals surface area (Å²) < 4.78 is 26.3. The number of hydrogen-bond acceptors (Lipinski definition) is 0. The molecule has 0 atom stereocenters. The largest absolute Gasteiger partial charge is 0.204 e. The van der Waals surface area contributed by atoms with Crippen molar-refractivity contribution in [3.8, 4) is 0 Å². The first-order valence-corrected chi connectivity index (χ1v) is 11.3. The zero-order valence-electron chi connectivity index (χ0n) is 16.9. The average molecular weight is 375 g/mol. The van der Waals surface area contributed by atoms with Gasteiger partial charge in [-0.25, -0.2) is 8.78 Å². The van der Waals surface area contributed by atoms with Crippen molar-refractivity contribution in [2.45, 2.75) is 84.0 Å². The lowest BCUT2D eigenvalue weighted by atomic mass is 9.77. The molecule has 2 heteroatoms. The fraction of sp³-hybridized carbons (Fsp3) is 0.680. The van der Waals surface area contributed by atoms with E-state index in [1.807, 2.05) is 0 Å². The summed E-state index contributed by atoms with van der Waals surface area (Å²) in [5.41, 5.74) is 0.926. The Labute approximate surface area is 164 Å². The van der Waals surface area contributed by atoms with Gasteiger partial charge in [0.1, 0.15) is 0 Å². The van der Waals surface area contributed by atoms with E-state index >= 15 is 0 Å². The highest BCUT2D eigenvalue weighted by atomic mass is 19.2. The molecule has 2 aliphatic rings. The maximum Gasteiger partial charge on any atom is 0.159 e. The quantitative estimate of drug-likeness (QED) is 0.426. The van der Waals surface area contributed by atoms with E-state index in [1.165, 1.54) is 76.3 Å². The Morgan fingerprint density at radius 3 is 1.85 bits per heavy atom. The van der Waals surface area contributed by atoms with Crippen molar-refractivity contribution in [3.05, 3.63) is 47.5 Å². The summed E-state index contributed by atoms with van der Waals surface area (Å²) in [5.74, 6) is 1.86. The molecule has 27 heavy (non-hydrogen) atoms. The van der Waals surface area contributed by atoms with Gasteiger partial charge in [-0.2, -0.15) is 0 Å². The second-order valence-corrected chi connectivity index (χ2v) is 9.02. The molecule has 0 aromatic heterocycles. The molecular weight excluding hydrogens is 338 g/mol. The molecule has 2 aliphatic carbocycles. The molecular formula is C25H36F2. The molecule has 0 saturated heterocycles. The fourth-order valence-electron chi connectivity index (χ4n) is 5.13. The van der Waals surface area contributed by atoms with Crippen LogP contribution >= 0.6 is 0 Å². The van der Waals surface area contributed by atoms with Gasteiger partial charge in [0.25, 0.3) is 0 Å². The van der Waals surface area contributed by atoms with Crippen molar-refractivity contribution >= 4 is 0 Å². The molecule has 0 unspecified atom stereocenters. The highest BCUT2D eigenvalue weighted by Gasteiger charge is 2.21. The summed E-state index contributed by atoms with van der Waals surface area (Å²) >= 11 is 0. The molecule has 150 valence electrons. The lowest BCUT2D eigenvalue weighted by molar-refractivity contribution is 0.285. The Morgan fingerprint density at radius 2 is 1.33 bits per heavy atom. The Morgan fingerprint density at radius 1 is 0.778 bits per heavy atom. The Balaban J connectivity index is 1.34. The van der Waals surface area contributed by atoms with E-state index in [4.69, 9.17) is 0 Å². The van der Waals surface area contributed by atoms with Crippen LogP contribution in [0.2, 0.25) is 0 Å². The molecule has 1 aromatic carbocycles. The number of rotatable bonds is 7. The Kier molecular flexibility index (Phi) is 7.91. The van der Waals surface area contributed by atoms with E-state index in [1.54, 1.807) is 6.07 Å². The van der Waals surface area contributed by atoms with Gasteiger partial charge >= 0.3 is 0 Å². The molecule has 0 nitrogen and oxygen atoms in total. The summed E-state index contributed by atoms with van der Waals surface area (Å²) in [5, 5.41) is 0. The summed E-state index contributed by atoms with van der Waals surface area (Å²) in [4.78, 5) is 0. The SMILES string of the molecule is CCC[C@H]1CC[C@H](C=C[C@H]2CC[C@H](CCc3ccc(F)c(F)c3)CC2)CC1. The fourth-order valence-corrected chi connectivity index (χ4v) is 5.13. The number of halogens is 2. The van der Waals surface area contributed by atoms with Gasteiger partial charge in [-0.05, 0) is 106 Å². The molecule has 2 fully saturated rings. The molecule has 0 amide bonds. The van der Waals surface area contributed by atoms with Crippen LogP contribution in [-0.2, 0) is 6.42 Å². The molecule has 2 saturated carbocycles. The first-order valence-electron chi connectivity index (χ1n) is 11.3. The van der Waals surface area contributed by atoms with Gasteiger partial charge in [-0.3, -0.25) is 0 Å². The van der Waals surface area contributed by atoms with Crippen molar-refractivity contribution in [2.75, 3.05) is 0 Å². The van der Waals surface area contributed by atoms with Gasteiger partial charge in [0, 0.05) is 0 Å². The number of hydrogen-bond donors (Lipinski definition) is 0. The van der Waals surface area contributed by atoms with Crippen molar-refractivity contribution in [1.29, 1.82) is 0 Å². The van der Waals surface area contributed by atoms with E-state index < -0.39 is 11.6 Å². The topological polar surface area (TPSA) is 0 Å². The van der Waals surface area contributed by atoms with E-state index in [9.17, 15) is 8.78 Å². The summed E-state index contributed by atoms with van der Waals surface area (Å²) in [7, 11) is 0. The highest BCUT2D eigenvalue weighted by molar-refractivity contribution is 5.17. The third-order valence-electron chi connectivity index (χ3n) is 6.96. The van der Waals surface area contributed by atoms with Crippen LogP contribution in [0.3, 0.4) is 0 Å². The van der Waals surface area contributed by atoms with Gasteiger partial charge < -0.3 is 0 Å². The molecule has 1 aromatic rings. The van der Waals surface area contributed by atoms with Crippen molar-refractivity contribution in [1.82, 2.24) is 0 Å². The second kappa shape index (κ2) is 10.4. The molecule has 0 aliphatic heterocycles. The lowest BCUT2D eigenvalue weighted by Crippen LogP contribution is -2.15. The minimum Gasteiger partial charge on any atom is -0.204 e. The van der Waals surface area contributed by atoms with Crippen LogP contribution in [-0.4, -0.2) is 0 Å². The predicted molar refractivity (Wildman–Crippen MR) is 110 cm³/mol. The van der Waals surface area contributed by atoms with Crippen molar-refractivity contribution in [3.63, 3.8) is 0 Å². The zero-order chi connectivity index (χ0) is 19.1. The van der Waals surface area contributed by atoms with Gasteiger partial charge in [-0.1, -0.05) is 38.0 Å². The van der Waals surface area contributed by atoms with Crippen LogP contribution in [0.5, 0.6) is 0 Å². The van der Waals surface area contributed by atoms with E-state index in [2.05, 4.69) is 19.1 Å². The molecule has 0 heterocycles. The standard InChI is InChI=1S/C25H36F2/c1-2-3-19-4-6-20(7-5-19)8-9-21-10-12-22(13-11-21)14-15-23-16-17-24(26)25(27)18-23/h8-9,16-22H,2-7,10-15H2,1H3/t19-,20-,21-,22-. The van der Waals surface area contributed by atoms with Crippen LogP contribution in [0.1, 0.15) is 83.1 Å². The lowest BCUT2D eigenvalue weighted by Gasteiger charge is -2.29. The first-order chi connectivity index (χ1) is 13.1. The first kappa shape index (κ1) is 20.6. The zero-order valence-corrected chi connectivity index (χ0v) is 16.9. The van der Waals surface area contributed by atoms with Crippen LogP contribution < -0.4 is 0 Å². The highest BCUT2D eigenvalue weighted by Crippen LogP contribution is 2.35. The minimum absolute atomic E-state index is 0.718. The van der Waals surface area contributed by atoms with E-state index in [-0.39, 0.29) is 0 Å². The molecule has 0 spiro atoms. The second-order valence-electron chi connectivity index (χ2n) is 9.02. The monoisotopic (exact) mass is 374 g/mol. The molecule has 0 N–H and O–H groups in total. The number of allylic oxidation sites excluding steroid dienone is 2. The normalized spacial score (nSPS) is 29.3. The van der Waals surface area contributed by atoms with Gasteiger partial charge in [0.2, 0.25) is 0 Å². The maximum atomic E-state index is 13.3. The number of aryl methyl sites for hydroxylation is 1. The minimum atomic E-state index is -0.745. The summed E-state index contributed by atoms with van der Waals surface area (Å²) in [6.07, 6.45) is 20.6. The smallest absolute Gasteiger partial charge is 0.159 e. The average Bonchev–Trinajstić information content (AvgIpc) is 2.69. The van der Waals surface area contributed by atoms with Gasteiger partial charge in [0.05, 0.1) is 0 Å². The van der Waals surface area contributed by atoms with E-state index in [0.29, 0.717) is 0 Å². The van der Waals surface area contributed by atoms with Crippen LogP contribution in [0.25, 0.3) is 0 Å². The number of benzene rings is 1. The molecule has 0 bridgehead atoms. The van der Waals surface area contributed by atoms with Crippen LogP contribution in [0.4, 0.5) is 8.78 Å². The summed E-state index contributed by atoms with van der Waals surface area (Å²) in [6.45, 7) is 2.31. The van der Waals surface area contributed by atoms with Crippen LogP contribution in [0.15, 0.2) is 30.4 Å². The van der Waals surface area contributed by atoms with Crippen LogP contribution in [0, 0.1) is 35.3 Å². The Hall–Kier alpha value is -1.18. The molecule has 0 radical (unpaired) electrons. The summed E-state index contributed by atoms with van der Waals surface area (Å²) in [6, 6.07) is 4.34. The van der Waals surface area contributed by atoms with Crippen molar-refractivity contribution < 1.29 is 8.78 Å². The van der Waals surface area contributed by atoms with E-state index in [0.717, 1.165) is 42.1 Å². The Bertz CT molecular complexity index is 590. The van der Waals surface area contributed by atoms with Gasteiger partial charge in [-0.15, -0.1) is 0 Å². The third-order valence-corrected chi connectivity index (χ3v) is 6.96. The third kappa shape index (κ3) is 6.43. The van der Waals surface area contributed by atoms with Gasteiger partial charge in [0.15, 0.2) is 11.6 Å².